The Morgan fingerprint density at radius 3 is 2.55 bits per heavy atom. The topological polar surface area (TPSA) is 61.7 Å². The van der Waals surface area contributed by atoms with E-state index in [9.17, 15) is 13.2 Å². The number of fused-ring (bicyclic) bond motifs is 1. The Labute approximate surface area is 191 Å². The van der Waals surface area contributed by atoms with E-state index in [1.807, 2.05) is 12.2 Å². The molecule has 33 heavy (non-hydrogen) atoms. The number of rotatable bonds is 8. The summed E-state index contributed by atoms with van der Waals surface area (Å²) in [4.78, 5) is 2.48. The van der Waals surface area contributed by atoms with Gasteiger partial charge < -0.3 is 14.4 Å². The molecule has 4 rings (SSSR count). The van der Waals surface area contributed by atoms with E-state index in [4.69, 9.17) is 9.47 Å². The van der Waals surface area contributed by atoms with Gasteiger partial charge in [0.1, 0.15) is 6.04 Å². The first-order valence-electron chi connectivity index (χ1n) is 11.1. The zero-order chi connectivity index (χ0) is 23.3. The third-order valence-corrected chi connectivity index (χ3v) is 5.74. The molecule has 10 heteroatoms. The predicted molar refractivity (Wildman–Crippen MR) is 118 cm³/mol. The number of hydrazine groups is 1. The number of alkyl halides is 3. The van der Waals surface area contributed by atoms with Gasteiger partial charge in [0.15, 0.2) is 11.5 Å². The molecule has 0 radical (unpaired) electrons. The van der Waals surface area contributed by atoms with Crippen LogP contribution in [0.4, 0.5) is 18.9 Å². The average molecular weight is 464 g/mol. The molecular weight excluding hydrogens is 435 g/mol. The highest BCUT2D eigenvalue weighted by Crippen LogP contribution is 2.31. The summed E-state index contributed by atoms with van der Waals surface area (Å²) in [6, 6.07) is 4.40. The Bertz CT molecular complexity index is 934. The standard InChI is InChI=1S/C23H28F3N5O2/c1-32-21-14-17-16-31(28-19-8-6-18(7-9-19)23(24,25)26)29-27-20(17)15-22(21)33-13-5-12-30-10-3-2-4-11-30/h6-9,14-16,20,28H,2-5,10-13H2,1H3. The minimum Gasteiger partial charge on any atom is -0.493 e. The summed E-state index contributed by atoms with van der Waals surface area (Å²) < 4.78 is 49.7. The Balaban J connectivity index is 1.33. The van der Waals surface area contributed by atoms with Gasteiger partial charge in [0.2, 0.25) is 0 Å². The summed E-state index contributed by atoms with van der Waals surface area (Å²) in [5, 5.41) is 9.73. The van der Waals surface area contributed by atoms with Gasteiger partial charge >= 0.3 is 6.18 Å². The van der Waals surface area contributed by atoms with Gasteiger partial charge in [0.05, 0.1) is 31.2 Å². The number of methoxy groups -OCH3 is 1. The molecule has 1 aromatic rings. The van der Waals surface area contributed by atoms with Crippen molar-refractivity contribution in [2.45, 2.75) is 37.9 Å². The van der Waals surface area contributed by atoms with Crippen LogP contribution in [0.1, 0.15) is 31.2 Å². The summed E-state index contributed by atoms with van der Waals surface area (Å²) in [6.45, 7) is 3.95. The minimum absolute atomic E-state index is 0.313. The van der Waals surface area contributed by atoms with Crippen molar-refractivity contribution in [3.8, 4) is 0 Å². The number of hydrogen-bond donors (Lipinski definition) is 1. The number of hydrogen-bond acceptors (Lipinski definition) is 7. The van der Waals surface area contributed by atoms with E-state index in [0.29, 0.717) is 23.8 Å². The van der Waals surface area contributed by atoms with E-state index < -0.39 is 11.7 Å². The van der Waals surface area contributed by atoms with Crippen LogP contribution in [-0.4, -0.2) is 49.4 Å². The largest absolute Gasteiger partial charge is 0.493 e. The number of benzene rings is 1. The molecule has 1 N–H and O–H groups in total. The zero-order valence-corrected chi connectivity index (χ0v) is 18.5. The molecule has 0 spiro atoms. The third-order valence-electron chi connectivity index (χ3n) is 5.74. The van der Waals surface area contributed by atoms with Gasteiger partial charge in [-0.15, -0.1) is 0 Å². The Morgan fingerprint density at radius 1 is 1.09 bits per heavy atom. The van der Waals surface area contributed by atoms with Crippen LogP contribution in [0, 0.1) is 0 Å². The zero-order valence-electron chi connectivity index (χ0n) is 18.5. The lowest BCUT2D eigenvalue weighted by Crippen LogP contribution is -2.31. The van der Waals surface area contributed by atoms with Crippen molar-refractivity contribution in [1.29, 1.82) is 0 Å². The minimum atomic E-state index is -4.37. The maximum atomic E-state index is 12.7. The highest BCUT2D eigenvalue weighted by atomic mass is 19.4. The number of piperidine rings is 1. The van der Waals surface area contributed by atoms with Crippen molar-refractivity contribution in [2.75, 3.05) is 38.8 Å². The molecule has 2 heterocycles. The highest BCUT2D eigenvalue weighted by Gasteiger charge is 2.30. The van der Waals surface area contributed by atoms with E-state index in [0.717, 1.165) is 30.7 Å². The second-order valence-electron chi connectivity index (χ2n) is 8.16. The van der Waals surface area contributed by atoms with Crippen molar-refractivity contribution in [2.24, 2.45) is 10.3 Å². The lowest BCUT2D eigenvalue weighted by molar-refractivity contribution is -0.137. The maximum absolute atomic E-state index is 12.7. The Kier molecular flexibility index (Phi) is 7.22. The molecule has 1 atom stereocenters. The van der Waals surface area contributed by atoms with Crippen LogP contribution in [0.15, 0.2) is 70.0 Å². The van der Waals surface area contributed by atoms with Crippen molar-refractivity contribution in [3.63, 3.8) is 0 Å². The number of nitrogens with zero attached hydrogens (tertiary/aromatic N) is 4. The first kappa shape index (κ1) is 23.2. The second kappa shape index (κ2) is 10.3. The molecule has 1 aromatic carbocycles. The van der Waals surface area contributed by atoms with E-state index in [1.165, 1.54) is 49.6 Å². The summed E-state index contributed by atoms with van der Waals surface area (Å²) in [6.07, 6.45) is 5.86. The molecule has 0 amide bonds. The van der Waals surface area contributed by atoms with Gasteiger partial charge in [0, 0.05) is 12.1 Å². The SMILES string of the molecule is COC1=CC2=CN(Nc3ccc(C(F)(F)F)cc3)N=NC2C=C1OCCCN1CCCCC1. The van der Waals surface area contributed by atoms with Crippen molar-refractivity contribution >= 4 is 5.69 Å². The smallest absolute Gasteiger partial charge is 0.416 e. The number of likely N-dealkylation sites (tertiary alicyclic amines) is 1. The maximum Gasteiger partial charge on any atom is 0.416 e. The molecule has 0 saturated carbocycles. The Hall–Kier alpha value is -3.01. The predicted octanol–water partition coefficient (Wildman–Crippen LogP) is 5.29. The molecule has 1 saturated heterocycles. The second-order valence-corrected chi connectivity index (χ2v) is 8.16. The van der Waals surface area contributed by atoms with Crippen LogP contribution in [0.25, 0.3) is 0 Å². The fraction of sp³-hybridized carbons (Fsp3) is 0.478. The van der Waals surface area contributed by atoms with Gasteiger partial charge in [0.25, 0.3) is 0 Å². The van der Waals surface area contributed by atoms with Gasteiger partial charge in [-0.3, -0.25) is 5.43 Å². The molecular formula is C23H28F3N5O2. The molecule has 0 aromatic heterocycles. The molecule has 178 valence electrons. The number of nitrogens with one attached hydrogen (secondary N) is 1. The number of ether oxygens (including phenoxy) is 2. The third kappa shape index (κ3) is 6.07. The van der Waals surface area contributed by atoms with Gasteiger partial charge in [-0.05, 0) is 68.8 Å². The molecule has 0 bridgehead atoms. The molecule has 3 aliphatic rings. The van der Waals surface area contributed by atoms with Gasteiger partial charge in [-0.1, -0.05) is 11.6 Å². The quantitative estimate of drug-likeness (QED) is 0.531. The summed E-state index contributed by atoms with van der Waals surface area (Å²) >= 11 is 0. The van der Waals surface area contributed by atoms with Crippen LogP contribution in [0.2, 0.25) is 0 Å². The van der Waals surface area contributed by atoms with Crippen LogP contribution in [0.3, 0.4) is 0 Å². The van der Waals surface area contributed by atoms with E-state index in [2.05, 4.69) is 20.7 Å². The van der Waals surface area contributed by atoms with Gasteiger partial charge in [-0.2, -0.15) is 23.4 Å². The highest BCUT2D eigenvalue weighted by molar-refractivity contribution is 5.46. The lowest BCUT2D eigenvalue weighted by Gasteiger charge is -2.27. The number of anilines is 1. The molecule has 1 fully saturated rings. The monoisotopic (exact) mass is 463 g/mol. The molecule has 7 nitrogen and oxygen atoms in total. The van der Waals surface area contributed by atoms with Crippen molar-refractivity contribution in [3.05, 3.63) is 65.3 Å². The fourth-order valence-electron chi connectivity index (χ4n) is 3.97. The van der Waals surface area contributed by atoms with E-state index in [1.54, 1.807) is 13.3 Å². The number of halogens is 3. The first-order chi connectivity index (χ1) is 15.9. The Morgan fingerprint density at radius 2 is 1.85 bits per heavy atom. The first-order valence-corrected chi connectivity index (χ1v) is 11.1. The van der Waals surface area contributed by atoms with Crippen molar-refractivity contribution in [1.82, 2.24) is 10.0 Å². The van der Waals surface area contributed by atoms with Crippen LogP contribution >= 0.6 is 0 Å². The molecule has 2 aliphatic heterocycles. The van der Waals surface area contributed by atoms with Gasteiger partial charge in [-0.25, -0.2) is 0 Å². The van der Waals surface area contributed by atoms with Crippen molar-refractivity contribution < 1.29 is 22.6 Å². The molecule has 1 aliphatic carbocycles. The van der Waals surface area contributed by atoms with Crippen LogP contribution in [-0.2, 0) is 15.7 Å². The van der Waals surface area contributed by atoms with E-state index >= 15 is 0 Å². The van der Waals surface area contributed by atoms with Crippen LogP contribution < -0.4 is 5.43 Å². The average Bonchev–Trinajstić information content (AvgIpc) is 2.82. The summed E-state index contributed by atoms with van der Waals surface area (Å²) in [7, 11) is 1.58. The fourth-order valence-corrected chi connectivity index (χ4v) is 3.97. The summed E-state index contributed by atoms with van der Waals surface area (Å²) in [5.74, 6) is 1.24. The normalized spacial score (nSPS) is 21.0. The summed E-state index contributed by atoms with van der Waals surface area (Å²) in [5.41, 5.74) is 3.48. The lowest BCUT2D eigenvalue weighted by atomic mass is 10.0. The molecule has 1 unspecified atom stereocenters. The van der Waals surface area contributed by atoms with E-state index in [-0.39, 0.29) is 6.04 Å². The van der Waals surface area contributed by atoms with Crippen LogP contribution in [0.5, 0.6) is 0 Å².